The molecule has 1 amide bonds. The summed E-state index contributed by atoms with van der Waals surface area (Å²) in [4.78, 5) is 23.2. The predicted molar refractivity (Wildman–Crippen MR) is 128 cm³/mol. The number of nitrogens with one attached hydrogen (secondary N) is 1. The van der Waals surface area contributed by atoms with E-state index in [9.17, 15) is 14.7 Å². The molecule has 2 N–H and O–H groups in total. The number of hydrogen-bond donors (Lipinski definition) is 2. The first-order chi connectivity index (χ1) is 14.0. The molecule has 0 radical (unpaired) electrons. The summed E-state index contributed by atoms with van der Waals surface area (Å²) in [6.07, 6.45) is 24.7. The van der Waals surface area contributed by atoms with Crippen LogP contribution < -0.4 is 5.32 Å². The minimum Gasteiger partial charge on any atom is -0.480 e. The average molecular weight is 431 g/mol. The molecule has 0 fully saturated rings. The Labute approximate surface area is 183 Å². The highest BCUT2D eigenvalue weighted by atomic mass is 32.2. The van der Waals surface area contributed by atoms with Crippen LogP contribution in [0.2, 0.25) is 0 Å². The molecule has 172 valence electrons. The molecule has 0 bridgehead atoms. The number of carbonyl (C=O) groups is 2. The van der Waals surface area contributed by atoms with Crippen molar-refractivity contribution < 1.29 is 14.7 Å². The average Bonchev–Trinajstić information content (AvgIpc) is 2.67. The van der Waals surface area contributed by atoms with Crippen molar-refractivity contribution in [3.05, 3.63) is 0 Å². The van der Waals surface area contributed by atoms with Crippen molar-refractivity contribution in [3.63, 3.8) is 0 Å². The van der Waals surface area contributed by atoms with Crippen LogP contribution in [0.1, 0.15) is 116 Å². The largest absolute Gasteiger partial charge is 0.480 e. The van der Waals surface area contributed by atoms with Gasteiger partial charge in [-0.05, 0) is 17.3 Å². The molecule has 0 aromatic carbocycles. The summed E-state index contributed by atoms with van der Waals surface area (Å²) < 4.78 is 0. The summed E-state index contributed by atoms with van der Waals surface area (Å²) in [5.41, 5.74) is 0. The minimum absolute atomic E-state index is 0.112. The zero-order valence-corrected chi connectivity index (χ0v) is 20.3. The predicted octanol–water partition coefficient (Wildman–Crippen LogP) is 6.09. The Morgan fingerprint density at radius 3 is 1.55 bits per heavy atom. The molecular weight excluding hydrogens is 382 g/mol. The molecule has 0 heterocycles. The third-order valence-corrected chi connectivity index (χ3v) is 6.51. The lowest BCUT2D eigenvalue weighted by Gasteiger charge is -2.13. The molecule has 0 aliphatic carbocycles. The van der Waals surface area contributed by atoms with E-state index < -0.39 is 12.0 Å². The van der Waals surface area contributed by atoms with E-state index in [0.717, 1.165) is 18.6 Å². The zero-order chi connectivity index (χ0) is 21.7. The van der Waals surface area contributed by atoms with E-state index in [1.807, 2.05) is 0 Å². The van der Waals surface area contributed by atoms with Crippen LogP contribution in [0, 0.1) is 0 Å². The van der Waals surface area contributed by atoms with E-state index in [1.165, 1.54) is 83.5 Å². The van der Waals surface area contributed by atoms with Gasteiger partial charge in [-0.15, -0.1) is 0 Å². The molecule has 0 aliphatic rings. The van der Waals surface area contributed by atoms with Crippen LogP contribution in [0.25, 0.3) is 0 Å². The molecule has 0 aromatic rings. The van der Waals surface area contributed by atoms with Gasteiger partial charge in [-0.1, -0.05) is 96.8 Å². The Morgan fingerprint density at radius 2 is 1.17 bits per heavy atom. The van der Waals surface area contributed by atoms with Gasteiger partial charge in [0.25, 0.3) is 0 Å². The second kappa shape index (κ2) is 20.6. The van der Waals surface area contributed by atoms with Gasteiger partial charge in [0.1, 0.15) is 11.8 Å². The molecule has 0 unspecified atom stereocenters. The topological polar surface area (TPSA) is 66.4 Å². The van der Waals surface area contributed by atoms with E-state index in [-0.39, 0.29) is 16.8 Å². The van der Waals surface area contributed by atoms with Gasteiger partial charge in [0.15, 0.2) is 0 Å². The summed E-state index contributed by atoms with van der Waals surface area (Å²) >= 11 is 0. The van der Waals surface area contributed by atoms with Crippen molar-refractivity contribution in [1.82, 2.24) is 5.32 Å². The SMILES string of the molecule is CCCCCCCCCCCCCCCCCC(=O)N[C@H](CC[S+](C)C)C(=O)O. The first kappa shape index (κ1) is 28.3. The molecule has 0 saturated carbocycles. The molecule has 5 heteroatoms. The smallest absolute Gasteiger partial charge is 0.326 e. The van der Waals surface area contributed by atoms with Gasteiger partial charge in [0.2, 0.25) is 5.91 Å². The molecule has 0 aromatic heterocycles. The fourth-order valence-electron chi connectivity index (χ4n) is 3.53. The van der Waals surface area contributed by atoms with E-state index in [2.05, 4.69) is 24.8 Å². The summed E-state index contributed by atoms with van der Waals surface area (Å²) in [5, 5.41) is 11.9. The maximum Gasteiger partial charge on any atom is 0.326 e. The monoisotopic (exact) mass is 430 g/mol. The maximum absolute atomic E-state index is 12.0. The van der Waals surface area contributed by atoms with Crippen LogP contribution in [0.3, 0.4) is 0 Å². The molecule has 0 spiro atoms. The van der Waals surface area contributed by atoms with Gasteiger partial charge in [-0.3, -0.25) is 4.79 Å². The van der Waals surface area contributed by atoms with E-state index in [1.54, 1.807) is 0 Å². The van der Waals surface area contributed by atoms with E-state index >= 15 is 0 Å². The minimum atomic E-state index is -0.916. The Hall–Kier alpha value is -0.710. The Kier molecular flexibility index (Phi) is 20.1. The van der Waals surface area contributed by atoms with Crippen LogP contribution in [-0.2, 0) is 20.5 Å². The number of aliphatic carboxylic acids is 1. The lowest BCUT2D eigenvalue weighted by Crippen LogP contribution is -2.41. The Morgan fingerprint density at radius 1 is 0.759 bits per heavy atom. The highest BCUT2D eigenvalue weighted by Gasteiger charge is 2.21. The summed E-state index contributed by atoms with van der Waals surface area (Å²) in [7, 11) is 0.202. The fourth-order valence-corrected chi connectivity index (χ4v) is 4.24. The van der Waals surface area contributed by atoms with Crippen LogP contribution in [0.5, 0.6) is 0 Å². The van der Waals surface area contributed by atoms with Crippen LogP contribution in [0.4, 0.5) is 0 Å². The summed E-state index contributed by atoms with van der Waals surface area (Å²) in [6, 6.07) is -0.728. The van der Waals surface area contributed by atoms with Crippen molar-refractivity contribution in [2.24, 2.45) is 0 Å². The van der Waals surface area contributed by atoms with Gasteiger partial charge in [-0.25, -0.2) is 4.79 Å². The normalized spacial score (nSPS) is 12.3. The molecule has 29 heavy (non-hydrogen) atoms. The van der Waals surface area contributed by atoms with Crippen molar-refractivity contribution in [2.45, 2.75) is 122 Å². The number of unbranched alkanes of at least 4 members (excludes halogenated alkanes) is 14. The van der Waals surface area contributed by atoms with E-state index in [0.29, 0.717) is 12.8 Å². The van der Waals surface area contributed by atoms with E-state index in [4.69, 9.17) is 0 Å². The zero-order valence-electron chi connectivity index (χ0n) is 19.5. The van der Waals surface area contributed by atoms with Gasteiger partial charge in [0, 0.05) is 12.8 Å². The van der Waals surface area contributed by atoms with Crippen molar-refractivity contribution in [1.29, 1.82) is 0 Å². The third-order valence-electron chi connectivity index (χ3n) is 5.46. The number of carboxylic acid groups (broad SMARTS) is 1. The molecule has 0 saturated heterocycles. The van der Waals surface area contributed by atoms with Crippen LogP contribution in [-0.4, -0.2) is 41.3 Å². The van der Waals surface area contributed by atoms with Crippen molar-refractivity contribution in [3.8, 4) is 0 Å². The fraction of sp³-hybridized carbons (Fsp3) is 0.917. The second-order valence-electron chi connectivity index (χ2n) is 8.64. The summed E-state index contributed by atoms with van der Waals surface area (Å²) in [5.74, 6) is -0.185. The molecule has 4 nitrogen and oxygen atoms in total. The Balaban J connectivity index is 3.44. The standard InChI is InChI=1S/C24H47NO3S/c1-4-5-6-7-8-9-10-11-12-13-14-15-16-17-18-19-23(26)25-22(24(27)28)20-21-29(2)3/h22H,4-21H2,1-3H3,(H-,25,26,27,28)/p+1/t22-/m1/s1. The second-order valence-corrected chi connectivity index (χ2v) is 11.0. The molecule has 0 aliphatic heterocycles. The maximum atomic E-state index is 12.0. The highest BCUT2D eigenvalue weighted by molar-refractivity contribution is 7.95. The van der Waals surface area contributed by atoms with Gasteiger partial charge < -0.3 is 10.4 Å². The van der Waals surface area contributed by atoms with Crippen LogP contribution >= 0.6 is 0 Å². The lowest BCUT2D eigenvalue weighted by molar-refractivity contribution is -0.141. The van der Waals surface area contributed by atoms with Gasteiger partial charge >= 0.3 is 5.97 Å². The number of rotatable bonds is 21. The first-order valence-corrected chi connectivity index (χ1v) is 14.2. The number of hydrogen-bond acceptors (Lipinski definition) is 2. The van der Waals surface area contributed by atoms with Crippen LogP contribution in [0.15, 0.2) is 0 Å². The van der Waals surface area contributed by atoms with Crippen molar-refractivity contribution >= 4 is 22.8 Å². The summed E-state index contributed by atoms with van der Waals surface area (Å²) in [6.45, 7) is 2.27. The molecule has 0 rings (SSSR count). The first-order valence-electron chi connectivity index (χ1n) is 12.0. The number of carboxylic acids is 1. The van der Waals surface area contributed by atoms with Crippen molar-refractivity contribution in [2.75, 3.05) is 18.3 Å². The third kappa shape index (κ3) is 20.3. The quantitative estimate of drug-likeness (QED) is 0.171. The number of amides is 1. The molecule has 1 atom stereocenters. The lowest BCUT2D eigenvalue weighted by atomic mass is 10.0. The van der Waals surface area contributed by atoms with Gasteiger partial charge in [-0.2, -0.15) is 0 Å². The Bertz CT molecular complexity index is 402. The number of carbonyl (C=O) groups excluding carboxylic acids is 1. The highest BCUT2D eigenvalue weighted by Crippen LogP contribution is 2.13. The molecular formula is C24H48NO3S+. The van der Waals surface area contributed by atoms with Gasteiger partial charge in [0.05, 0.1) is 12.5 Å².